The van der Waals surface area contributed by atoms with Crippen molar-refractivity contribution < 1.29 is 10.0 Å². The van der Waals surface area contributed by atoms with Crippen molar-refractivity contribution in [3.63, 3.8) is 0 Å². The Morgan fingerprint density at radius 3 is 1.76 bits per heavy atom. The molecule has 6 aromatic rings. The van der Waals surface area contributed by atoms with Crippen LogP contribution in [0.25, 0.3) is 33.1 Å². The summed E-state index contributed by atoms with van der Waals surface area (Å²) in [7, 11) is -1.38. The predicted molar refractivity (Wildman–Crippen MR) is 166 cm³/mol. The highest BCUT2D eigenvalue weighted by atomic mass is 79.9. The molecule has 0 saturated heterocycles. The number of halogens is 3. The summed E-state index contributed by atoms with van der Waals surface area (Å²) in [6.07, 6.45) is 0. The molecule has 6 rings (SSSR count). The summed E-state index contributed by atoms with van der Waals surface area (Å²) in [5, 5.41) is 20.2. The lowest BCUT2D eigenvalue weighted by atomic mass is 9.81. The van der Waals surface area contributed by atoms with Crippen molar-refractivity contribution in [3.05, 3.63) is 135 Å². The maximum atomic E-state index is 8.68. The Kier molecular flexibility index (Phi) is 10.0. The van der Waals surface area contributed by atoms with Gasteiger partial charge in [0.15, 0.2) is 0 Å². The summed E-state index contributed by atoms with van der Waals surface area (Å²) in [4.78, 5) is 8.81. The molecule has 0 spiro atoms. The molecule has 38 heavy (non-hydrogen) atoms. The fraction of sp³-hybridized carbons (Fsp3) is 0. The molecule has 4 aromatic carbocycles. The van der Waals surface area contributed by atoms with Crippen molar-refractivity contribution in [1.82, 2.24) is 9.97 Å². The molecule has 188 valence electrons. The number of aromatic nitrogens is 2. The van der Waals surface area contributed by atoms with Gasteiger partial charge in [0.1, 0.15) is 5.15 Å². The van der Waals surface area contributed by atoms with Crippen LogP contribution in [0.2, 0.25) is 5.15 Å². The zero-order chi connectivity index (χ0) is 26.9. The number of fused-ring (bicyclic) bond motifs is 2. The van der Waals surface area contributed by atoms with Crippen LogP contribution < -0.4 is 5.46 Å². The first kappa shape index (κ1) is 28.0. The lowest BCUT2D eigenvalue weighted by Gasteiger charge is -2.03. The molecule has 2 heterocycles. The molecule has 0 unspecified atom stereocenters. The minimum atomic E-state index is -1.38. The standard InChI is InChI=1S/C15H10BrN.C9H6ClN.C6H6BBrO2/c16-13-6-3-5-12(10-13)15-9-8-11-4-1-2-7-14(11)17-15;10-9-6-5-7-3-1-2-4-8(7)11-9;8-6-3-1-2-5(4-6)7(9)10/h1-10H;1-6H;1-4,9-10H. The highest BCUT2D eigenvalue weighted by Crippen LogP contribution is 2.23. The summed E-state index contributed by atoms with van der Waals surface area (Å²) in [5.41, 5.74) is 4.61. The lowest BCUT2D eigenvalue weighted by Crippen LogP contribution is -2.29. The van der Waals surface area contributed by atoms with E-state index in [9.17, 15) is 0 Å². The highest BCUT2D eigenvalue weighted by Gasteiger charge is 2.09. The van der Waals surface area contributed by atoms with Crippen molar-refractivity contribution in [3.8, 4) is 11.3 Å². The third kappa shape index (κ3) is 7.97. The van der Waals surface area contributed by atoms with Crippen molar-refractivity contribution >= 4 is 77.8 Å². The summed E-state index contributed by atoms with van der Waals surface area (Å²) < 4.78 is 1.92. The minimum Gasteiger partial charge on any atom is -0.423 e. The Bertz CT molecular complexity index is 1670. The number of para-hydroxylation sites is 2. The van der Waals surface area contributed by atoms with Crippen molar-refractivity contribution in [2.45, 2.75) is 0 Å². The summed E-state index contributed by atoms with van der Waals surface area (Å²) >= 11 is 12.4. The van der Waals surface area contributed by atoms with Gasteiger partial charge in [0.25, 0.3) is 0 Å². The third-order valence-corrected chi connectivity index (χ3v) is 6.63. The second-order valence-corrected chi connectivity index (χ2v) is 10.4. The molecule has 0 amide bonds. The van der Waals surface area contributed by atoms with Gasteiger partial charge in [-0.2, -0.15) is 0 Å². The Morgan fingerprint density at radius 2 is 1.16 bits per heavy atom. The number of hydrogen-bond donors (Lipinski definition) is 2. The van der Waals surface area contributed by atoms with Crippen LogP contribution in [0.3, 0.4) is 0 Å². The second kappa shape index (κ2) is 13.6. The molecule has 0 aliphatic carbocycles. The molecular weight excluding hydrogens is 626 g/mol. The van der Waals surface area contributed by atoms with Crippen LogP contribution >= 0.6 is 43.5 Å². The molecule has 0 saturated carbocycles. The third-order valence-electron chi connectivity index (χ3n) is 5.43. The topological polar surface area (TPSA) is 66.2 Å². The molecule has 0 radical (unpaired) electrons. The Labute approximate surface area is 243 Å². The molecule has 0 atom stereocenters. The van der Waals surface area contributed by atoms with E-state index in [-0.39, 0.29) is 0 Å². The summed E-state index contributed by atoms with van der Waals surface area (Å²) in [6, 6.07) is 39.1. The van der Waals surface area contributed by atoms with E-state index in [1.54, 1.807) is 24.3 Å². The highest BCUT2D eigenvalue weighted by molar-refractivity contribution is 9.10. The molecule has 4 nitrogen and oxygen atoms in total. The first-order valence-corrected chi connectivity index (χ1v) is 13.6. The fourth-order valence-electron chi connectivity index (χ4n) is 3.58. The average Bonchev–Trinajstić information content (AvgIpc) is 2.93. The van der Waals surface area contributed by atoms with E-state index in [0.717, 1.165) is 36.6 Å². The number of hydrogen-bond acceptors (Lipinski definition) is 4. The minimum absolute atomic E-state index is 0.495. The number of rotatable bonds is 2. The lowest BCUT2D eigenvalue weighted by molar-refractivity contribution is 0.426. The Balaban J connectivity index is 0.000000140. The van der Waals surface area contributed by atoms with Gasteiger partial charge in [-0.25, -0.2) is 9.97 Å². The van der Waals surface area contributed by atoms with E-state index in [4.69, 9.17) is 21.6 Å². The van der Waals surface area contributed by atoms with Gasteiger partial charge in [0.2, 0.25) is 0 Å². The molecule has 2 aromatic heterocycles. The van der Waals surface area contributed by atoms with E-state index in [0.29, 0.717) is 10.6 Å². The number of benzene rings is 4. The monoisotopic (exact) mass is 646 g/mol. The molecule has 2 N–H and O–H groups in total. The SMILES string of the molecule is Brc1cccc(-c2ccc3ccccc3n2)c1.Clc1ccc2ccccc2n1.OB(O)c1cccc(Br)c1. The predicted octanol–water partition coefficient (Wildman–Crippen LogP) is 7.68. The first-order chi connectivity index (χ1) is 18.4. The van der Waals surface area contributed by atoms with Gasteiger partial charge in [-0.05, 0) is 60.1 Å². The van der Waals surface area contributed by atoms with E-state index < -0.39 is 7.12 Å². The molecule has 0 aliphatic rings. The van der Waals surface area contributed by atoms with E-state index >= 15 is 0 Å². The smallest absolute Gasteiger partial charge is 0.423 e. The van der Waals surface area contributed by atoms with E-state index in [2.05, 4.69) is 72.2 Å². The van der Waals surface area contributed by atoms with Gasteiger partial charge in [0, 0.05) is 25.3 Å². The van der Waals surface area contributed by atoms with E-state index in [1.807, 2.05) is 66.7 Å². The fourth-order valence-corrected chi connectivity index (χ4v) is 4.55. The van der Waals surface area contributed by atoms with Crippen LogP contribution in [0.15, 0.2) is 130 Å². The van der Waals surface area contributed by atoms with Crippen LogP contribution in [-0.4, -0.2) is 27.1 Å². The van der Waals surface area contributed by atoms with Crippen molar-refractivity contribution in [2.75, 3.05) is 0 Å². The normalized spacial score (nSPS) is 10.2. The zero-order valence-electron chi connectivity index (χ0n) is 20.0. The van der Waals surface area contributed by atoms with Crippen LogP contribution in [-0.2, 0) is 0 Å². The quantitative estimate of drug-likeness (QED) is 0.149. The molecule has 8 heteroatoms. The van der Waals surface area contributed by atoms with Crippen LogP contribution in [0.4, 0.5) is 0 Å². The number of nitrogens with zero attached hydrogens (tertiary/aromatic N) is 2. The Hall–Kier alpha value is -3.07. The summed E-state index contributed by atoms with van der Waals surface area (Å²) in [6.45, 7) is 0. The molecule has 0 bridgehead atoms. The van der Waals surface area contributed by atoms with Gasteiger partial charge in [-0.1, -0.05) is 110 Å². The van der Waals surface area contributed by atoms with Crippen LogP contribution in [0.1, 0.15) is 0 Å². The largest absolute Gasteiger partial charge is 0.488 e. The number of pyridine rings is 2. The van der Waals surface area contributed by atoms with Crippen LogP contribution in [0.5, 0.6) is 0 Å². The van der Waals surface area contributed by atoms with Gasteiger partial charge < -0.3 is 10.0 Å². The average molecular weight is 649 g/mol. The van der Waals surface area contributed by atoms with E-state index in [1.165, 1.54) is 5.39 Å². The van der Waals surface area contributed by atoms with Crippen molar-refractivity contribution in [1.29, 1.82) is 0 Å². The molecule has 0 aliphatic heterocycles. The molecular formula is C30H22BBr2ClN2O2. The summed E-state index contributed by atoms with van der Waals surface area (Å²) in [5.74, 6) is 0. The van der Waals surface area contributed by atoms with Gasteiger partial charge in [-0.3, -0.25) is 0 Å². The van der Waals surface area contributed by atoms with Gasteiger partial charge >= 0.3 is 7.12 Å². The van der Waals surface area contributed by atoms with Crippen LogP contribution in [0, 0.1) is 0 Å². The second-order valence-electron chi connectivity index (χ2n) is 8.15. The zero-order valence-corrected chi connectivity index (χ0v) is 24.0. The van der Waals surface area contributed by atoms with Crippen molar-refractivity contribution in [2.24, 2.45) is 0 Å². The maximum Gasteiger partial charge on any atom is 0.488 e. The first-order valence-electron chi connectivity index (χ1n) is 11.6. The van der Waals surface area contributed by atoms with Gasteiger partial charge in [-0.15, -0.1) is 0 Å². The Morgan fingerprint density at radius 1 is 0.579 bits per heavy atom. The maximum absolute atomic E-state index is 8.68. The van der Waals surface area contributed by atoms with Gasteiger partial charge in [0.05, 0.1) is 16.7 Å². The molecule has 0 fully saturated rings.